The Hall–Kier alpha value is -3.03. The molecule has 0 aliphatic rings. The number of carbonyl (C=O) groups is 1. The molecule has 1 amide bonds. The van der Waals surface area contributed by atoms with E-state index in [0.29, 0.717) is 35.1 Å². The van der Waals surface area contributed by atoms with E-state index < -0.39 is 0 Å². The van der Waals surface area contributed by atoms with Gasteiger partial charge in [0, 0.05) is 4.90 Å². The molecular formula is C26H26N2O3S2. The van der Waals surface area contributed by atoms with Gasteiger partial charge < -0.3 is 9.47 Å². The van der Waals surface area contributed by atoms with E-state index in [2.05, 4.69) is 19.1 Å². The molecule has 0 atom stereocenters. The molecule has 0 saturated heterocycles. The average Bonchev–Trinajstić information content (AvgIpc) is 3.29. The molecule has 0 saturated carbocycles. The number of aromatic nitrogens is 1. The predicted molar refractivity (Wildman–Crippen MR) is 137 cm³/mol. The molecule has 4 aromatic rings. The summed E-state index contributed by atoms with van der Waals surface area (Å²) in [7, 11) is 3.25. The van der Waals surface area contributed by atoms with Gasteiger partial charge in [0.2, 0.25) is 5.91 Å². The minimum Gasteiger partial charge on any atom is -0.495 e. The fourth-order valence-electron chi connectivity index (χ4n) is 3.56. The van der Waals surface area contributed by atoms with Crippen LogP contribution in [0.1, 0.15) is 18.1 Å². The van der Waals surface area contributed by atoms with Gasteiger partial charge in [-0.2, -0.15) is 0 Å². The van der Waals surface area contributed by atoms with Crippen molar-refractivity contribution >= 4 is 44.4 Å². The topological polar surface area (TPSA) is 51.7 Å². The van der Waals surface area contributed by atoms with Crippen LogP contribution < -0.4 is 14.4 Å². The van der Waals surface area contributed by atoms with Crippen molar-refractivity contribution in [3.63, 3.8) is 0 Å². The SMILES string of the molecule is CCSc1ccc(CC(=O)N(Cc2ccccc2)c2nc3c(OC)ccc(OC)c3s2)cc1. The second-order valence-corrected chi connectivity index (χ2v) is 9.68. The van der Waals surface area contributed by atoms with Gasteiger partial charge in [-0.15, -0.1) is 11.8 Å². The quantitative estimate of drug-likeness (QED) is 0.268. The van der Waals surface area contributed by atoms with Crippen LogP contribution in [0.15, 0.2) is 71.6 Å². The number of nitrogens with zero attached hydrogens (tertiary/aromatic N) is 2. The number of carbonyl (C=O) groups excluding carboxylic acids is 1. The number of thioether (sulfide) groups is 1. The number of hydrogen-bond acceptors (Lipinski definition) is 6. The van der Waals surface area contributed by atoms with Crippen LogP contribution in [0.3, 0.4) is 0 Å². The van der Waals surface area contributed by atoms with Gasteiger partial charge in [0.05, 0.1) is 27.2 Å². The molecule has 0 spiro atoms. The molecule has 0 N–H and O–H groups in total. The first-order valence-corrected chi connectivity index (χ1v) is 12.5. The highest BCUT2D eigenvalue weighted by atomic mass is 32.2. The number of fused-ring (bicyclic) bond motifs is 1. The molecule has 5 nitrogen and oxygen atoms in total. The van der Waals surface area contributed by atoms with Gasteiger partial charge in [-0.1, -0.05) is 60.7 Å². The summed E-state index contributed by atoms with van der Waals surface area (Å²) in [6.45, 7) is 2.57. The Morgan fingerprint density at radius 3 is 2.30 bits per heavy atom. The van der Waals surface area contributed by atoms with Crippen LogP contribution in [-0.4, -0.2) is 30.9 Å². The number of ether oxygens (including phenoxy) is 2. The van der Waals surface area contributed by atoms with Gasteiger partial charge in [-0.3, -0.25) is 9.69 Å². The van der Waals surface area contributed by atoms with Crippen molar-refractivity contribution < 1.29 is 14.3 Å². The lowest BCUT2D eigenvalue weighted by molar-refractivity contribution is -0.118. The molecule has 1 aromatic heterocycles. The first-order valence-electron chi connectivity index (χ1n) is 10.7. The lowest BCUT2D eigenvalue weighted by Gasteiger charge is -2.20. The number of amides is 1. The minimum absolute atomic E-state index is 0.00765. The summed E-state index contributed by atoms with van der Waals surface area (Å²) in [6, 6.07) is 21.9. The first-order chi connectivity index (χ1) is 16.1. The molecule has 3 aromatic carbocycles. The Morgan fingerprint density at radius 1 is 0.939 bits per heavy atom. The number of rotatable bonds is 9. The number of benzene rings is 3. The number of methoxy groups -OCH3 is 2. The molecule has 0 radical (unpaired) electrons. The smallest absolute Gasteiger partial charge is 0.233 e. The fraction of sp³-hybridized carbons (Fsp3) is 0.231. The van der Waals surface area contributed by atoms with Crippen molar-refractivity contribution in [1.29, 1.82) is 0 Å². The van der Waals surface area contributed by atoms with E-state index >= 15 is 0 Å². The van der Waals surface area contributed by atoms with Crippen LogP contribution in [0.5, 0.6) is 11.5 Å². The molecule has 0 aliphatic carbocycles. The summed E-state index contributed by atoms with van der Waals surface area (Å²) in [5.41, 5.74) is 2.72. The molecule has 4 rings (SSSR count). The fourth-order valence-corrected chi connectivity index (χ4v) is 5.31. The van der Waals surface area contributed by atoms with E-state index in [1.807, 2.05) is 54.6 Å². The van der Waals surface area contributed by atoms with Crippen LogP contribution in [-0.2, 0) is 17.8 Å². The second-order valence-electron chi connectivity index (χ2n) is 7.36. The zero-order chi connectivity index (χ0) is 23.2. The zero-order valence-electron chi connectivity index (χ0n) is 18.9. The number of hydrogen-bond donors (Lipinski definition) is 0. The van der Waals surface area contributed by atoms with Crippen LogP contribution in [0.2, 0.25) is 0 Å². The van der Waals surface area contributed by atoms with Crippen molar-refractivity contribution in [2.24, 2.45) is 0 Å². The maximum absolute atomic E-state index is 13.5. The van der Waals surface area contributed by atoms with E-state index in [0.717, 1.165) is 21.6 Å². The highest BCUT2D eigenvalue weighted by molar-refractivity contribution is 7.99. The normalized spacial score (nSPS) is 10.9. The highest BCUT2D eigenvalue weighted by Crippen LogP contribution is 2.40. The standard InChI is InChI=1S/C26H26N2O3S2/c1-4-32-20-12-10-18(11-13-20)16-23(29)28(17-19-8-6-5-7-9-19)26-27-24-21(30-2)14-15-22(31-3)25(24)33-26/h5-15H,4,16-17H2,1-3H3. The molecular weight excluding hydrogens is 452 g/mol. The Balaban J connectivity index is 1.69. The summed E-state index contributed by atoms with van der Waals surface area (Å²) in [6.07, 6.45) is 0.300. The number of anilines is 1. The molecule has 0 aliphatic heterocycles. The van der Waals surface area contributed by atoms with Gasteiger partial charge in [-0.25, -0.2) is 4.98 Å². The average molecular weight is 479 g/mol. The number of thiazole rings is 1. The lowest BCUT2D eigenvalue weighted by Crippen LogP contribution is -2.31. The molecule has 33 heavy (non-hydrogen) atoms. The highest BCUT2D eigenvalue weighted by Gasteiger charge is 2.23. The van der Waals surface area contributed by atoms with Gasteiger partial charge in [0.1, 0.15) is 21.7 Å². The summed E-state index contributed by atoms with van der Waals surface area (Å²) < 4.78 is 11.9. The Labute approximate surface area is 202 Å². The van der Waals surface area contributed by atoms with E-state index in [-0.39, 0.29) is 5.91 Å². The molecule has 0 fully saturated rings. The van der Waals surface area contributed by atoms with Gasteiger partial charge >= 0.3 is 0 Å². The maximum atomic E-state index is 13.5. The van der Waals surface area contributed by atoms with Crippen LogP contribution in [0.25, 0.3) is 10.2 Å². The van der Waals surface area contributed by atoms with Gasteiger partial charge in [0.25, 0.3) is 0 Å². The minimum atomic E-state index is -0.00765. The van der Waals surface area contributed by atoms with Gasteiger partial charge in [0.15, 0.2) is 5.13 Å². The summed E-state index contributed by atoms with van der Waals surface area (Å²) in [5, 5.41) is 0.625. The van der Waals surface area contributed by atoms with Crippen LogP contribution in [0.4, 0.5) is 5.13 Å². The Kier molecular flexibility index (Phi) is 7.52. The third-order valence-electron chi connectivity index (χ3n) is 5.20. The molecule has 170 valence electrons. The van der Waals surface area contributed by atoms with Crippen molar-refractivity contribution in [3.8, 4) is 11.5 Å². The van der Waals surface area contributed by atoms with E-state index in [9.17, 15) is 4.79 Å². The van der Waals surface area contributed by atoms with Crippen molar-refractivity contribution in [3.05, 3.63) is 77.9 Å². The molecule has 0 unspecified atom stereocenters. The third-order valence-corrected chi connectivity index (χ3v) is 7.19. The zero-order valence-corrected chi connectivity index (χ0v) is 20.5. The monoisotopic (exact) mass is 478 g/mol. The lowest BCUT2D eigenvalue weighted by atomic mass is 10.1. The van der Waals surface area contributed by atoms with E-state index in [1.165, 1.54) is 16.2 Å². The van der Waals surface area contributed by atoms with E-state index in [4.69, 9.17) is 14.5 Å². The summed E-state index contributed by atoms with van der Waals surface area (Å²) in [5.74, 6) is 2.38. The largest absolute Gasteiger partial charge is 0.495 e. The molecule has 0 bridgehead atoms. The second kappa shape index (κ2) is 10.7. The molecule has 7 heteroatoms. The third kappa shape index (κ3) is 5.31. The van der Waals surface area contributed by atoms with E-state index in [1.54, 1.807) is 30.9 Å². The maximum Gasteiger partial charge on any atom is 0.233 e. The van der Waals surface area contributed by atoms with Crippen LogP contribution in [0, 0.1) is 0 Å². The molecule has 1 heterocycles. The predicted octanol–water partition coefficient (Wildman–Crippen LogP) is 6.20. The first kappa shape index (κ1) is 23.1. The van der Waals surface area contributed by atoms with Gasteiger partial charge in [-0.05, 0) is 41.1 Å². The van der Waals surface area contributed by atoms with Crippen molar-refractivity contribution in [2.45, 2.75) is 24.8 Å². The van der Waals surface area contributed by atoms with Crippen LogP contribution >= 0.6 is 23.1 Å². The Morgan fingerprint density at radius 2 is 1.64 bits per heavy atom. The Bertz CT molecular complexity index is 1180. The summed E-state index contributed by atoms with van der Waals surface area (Å²) in [4.78, 5) is 21.3. The summed E-state index contributed by atoms with van der Waals surface area (Å²) >= 11 is 3.23. The van der Waals surface area contributed by atoms with Crippen molar-refractivity contribution in [2.75, 3.05) is 24.9 Å². The van der Waals surface area contributed by atoms with Crippen molar-refractivity contribution in [1.82, 2.24) is 4.98 Å².